The molecular formula is C33H32BrN7O4. The van der Waals surface area contributed by atoms with Gasteiger partial charge in [-0.2, -0.15) is 0 Å². The number of hydrogen-bond donors (Lipinski definition) is 4. The van der Waals surface area contributed by atoms with Crippen molar-refractivity contribution in [1.82, 2.24) is 20.3 Å². The summed E-state index contributed by atoms with van der Waals surface area (Å²) in [5, 5.41) is 12.4. The maximum Gasteiger partial charge on any atom is 0.319 e. The number of aromatic nitrogens is 3. The Morgan fingerprint density at radius 1 is 0.889 bits per heavy atom. The van der Waals surface area contributed by atoms with Crippen LogP contribution < -0.4 is 26.0 Å². The van der Waals surface area contributed by atoms with E-state index in [1.54, 1.807) is 49.6 Å². The molecule has 230 valence electrons. The van der Waals surface area contributed by atoms with Gasteiger partial charge in [0.05, 0.1) is 17.7 Å². The van der Waals surface area contributed by atoms with E-state index in [0.717, 1.165) is 15.6 Å². The number of benzene rings is 3. The number of anilines is 4. The summed E-state index contributed by atoms with van der Waals surface area (Å²) in [6, 6.07) is 22.9. The second kappa shape index (κ2) is 14.6. The van der Waals surface area contributed by atoms with Gasteiger partial charge < -0.3 is 30.7 Å². The van der Waals surface area contributed by atoms with Crippen LogP contribution in [-0.4, -0.2) is 47.2 Å². The fraction of sp³-hybridized carbons (Fsp3) is 0.182. The molecule has 3 amide bonds. The molecule has 0 radical (unpaired) electrons. The highest BCUT2D eigenvalue weighted by molar-refractivity contribution is 9.10. The monoisotopic (exact) mass is 669 g/mol. The van der Waals surface area contributed by atoms with Crippen LogP contribution in [0.4, 0.5) is 27.7 Å². The van der Waals surface area contributed by atoms with Crippen molar-refractivity contribution in [1.29, 1.82) is 0 Å². The molecule has 5 rings (SSSR count). The lowest BCUT2D eigenvalue weighted by molar-refractivity contribution is 0.102. The lowest BCUT2D eigenvalue weighted by Gasteiger charge is -2.16. The van der Waals surface area contributed by atoms with Gasteiger partial charge in [0.1, 0.15) is 17.9 Å². The molecule has 2 heterocycles. The van der Waals surface area contributed by atoms with Crippen LogP contribution in [0, 0.1) is 0 Å². The first-order chi connectivity index (χ1) is 21.8. The summed E-state index contributed by atoms with van der Waals surface area (Å²) in [5.41, 5.74) is 3.65. The highest BCUT2D eigenvalue weighted by Crippen LogP contribution is 2.35. The van der Waals surface area contributed by atoms with Crippen LogP contribution in [0.3, 0.4) is 0 Å². The highest BCUT2D eigenvalue weighted by atomic mass is 79.9. The van der Waals surface area contributed by atoms with E-state index in [1.165, 1.54) is 6.33 Å². The minimum Gasteiger partial charge on any atom is -0.455 e. The minimum absolute atomic E-state index is 0.244. The number of carbonyl (C=O) groups is 2. The first-order valence-corrected chi connectivity index (χ1v) is 15.0. The van der Waals surface area contributed by atoms with Gasteiger partial charge in [-0.25, -0.2) is 19.7 Å². The number of rotatable bonds is 11. The second-order valence-corrected chi connectivity index (χ2v) is 11.2. The number of carbonyl (C=O) groups excluding carboxylic acids is 2. The number of fused-ring (bicyclic) bond motifs is 1. The van der Waals surface area contributed by atoms with Gasteiger partial charge >= 0.3 is 6.03 Å². The van der Waals surface area contributed by atoms with Crippen molar-refractivity contribution in [3.8, 4) is 11.5 Å². The molecule has 12 heteroatoms. The van der Waals surface area contributed by atoms with Crippen molar-refractivity contribution in [2.45, 2.75) is 19.8 Å². The van der Waals surface area contributed by atoms with Crippen molar-refractivity contribution in [2.75, 3.05) is 36.2 Å². The van der Waals surface area contributed by atoms with Crippen LogP contribution in [0.2, 0.25) is 0 Å². The van der Waals surface area contributed by atoms with E-state index in [9.17, 15) is 9.59 Å². The average Bonchev–Trinajstić information content (AvgIpc) is 3.04. The molecule has 11 nitrogen and oxygen atoms in total. The number of methoxy groups -OCH3 is 1. The maximum atomic E-state index is 13.2. The fourth-order valence-electron chi connectivity index (χ4n) is 4.28. The molecule has 2 aromatic heterocycles. The molecule has 3 aromatic carbocycles. The highest BCUT2D eigenvalue weighted by Gasteiger charge is 2.15. The molecule has 0 atom stereocenters. The molecule has 0 aliphatic rings. The van der Waals surface area contributed by atoms with Gasteiger partial charge in [-0.1, -0.05) is 29.8 Å². The van der Waals surface area contributed by atoms with Crippen molar-refractivity contribution in [3.63, 3.8) is 0 Å². The molecule has 0 saturated heterocycles. The molecule has 45 heavy (non-hydrogen) atoms. The van der Waals surface area contributed by atoms with Gasteiger partial charge in [0.15, 0.2) is 11.4 Å². The second-order valence-electron chi connectivity index (χ2n) is 10.3. The van der Waals surface area contributed by atoms with Gasteiger partial charge in [-0.3, -0.25) is 4.79 Å². The number of nitrogens with zero attached hydrogens (tertiary/aromatic N) is 3. The number of hydrogen-bond acceptors (Lipinski definition) is 8. The van der Waals surface area contributed by atoms with Crippen LogP contribution in [-0.2, 0) is 4.74 Å². The SMILES string of the molecule is COCCNC(=O)Nc1ccc(Oc2ccc(C(=O)Nc3ccc(Br)cc3)cc2Nc2ncnc3nc(C(C)C)ccc23)cc1. The van der Waals surface area contributed by atoms with Gasteiger partial charge in [0, 0.05) is 40.8 Å². The smallest absolute Gasteiger partial charge is 0.319 e. The van der Waals surface area contributed by atoms with Crippen molar-refractivity contribution >= 4 is 61.8 Å². The minimum atomic E-state index is -0.337. The summed E-state index contributed by atoms with van der Waals surface area (Å²) in [5.74, 6) is 1.44. The topological polar surface area (TPSA) is 139 Å². The lowest BCUT2D eigenvalue weighted by Crippen LogP contribution is -2.31. The number of halogens is 1. The van der Waals surface area contributed by atoms with Crippen LogP contribution in [0.25, 0.3) is 11.0 Å². The predicted molar refractivity (Wildman–Crippen MR) is 179 cm³/mol. The van der Waals surface area contributed by atoms with Crippen LogP contribution in [0.15, 0.2) is 89.7 Å². The Balaban J connectivity index is 1.42. The third-order valence-corrected chi connectivity index (χ3v) is 7.17. The van der Waals surface area contributed by atoms with Gasteiger partial charge in [-0.15, -0.1) is 0 Å². The zero-order valence-corrected chi connectivity index (χ0v) is 26.5. The Bertz CT molecular complexity index is 1800. The zero-order valence-electron chi connectivity index (χ0n) is 24.9. The Morgan fingerprint density at radius 3 is 2.36 bits per heavy atom. The van der Waals surface area contributed by atoms with Crippen molar-refractivity contribution in [2.24, 2.45) is 0 Å². The standard InChI is InChI=1S/C33H32BrN7O4/c1-20(2)27-14-13-26-30(40-27)36-19-37-31(26)41-28-18-21(32(42)38-23-7-5-22(34)6-8-23)4-15-29(28)45-25-11-9-24(10-12-25)39-33(43)35-16-17-44-3/h4-15,18-20H,16-17H2,1-3H3,(H,38,42)(H2,35,39,43)(H,36,37,40,41). The van der Waals surface area contributed by atoms with Crippen molar-refractivity contribution in [3.05, 3.63) is 101 Å². The van der Waals surface area contributed by atoms with Crippen LogP contribution in [0.1, 0.15) is 35.8 Å². The summed E-state index contributed by atoms with van der Waals surface area (Å²) in [6.45, 7) is 4.96. The largest absolute Gasteiger partial charge is 0.455 e. The number of ether oxygens (including phenoxy) is 2. The third-order valence-electron chi connectivity index (χ3n) is 6.64. The van der Waals surface area contributed by atoms with Crippen LogP contribution >= 0.6 is 15.9 Å². The molecule has 0 saturated carbocycles. The molecule has 0 fully saturated rings. The molecule has 4 N–H and O–H groups in total. The van der Waals surface area contributed by atoms with E-state index in [0.29, 0.717) is 58.7 Å². The molecular weight excluding hydrogens is 638 g/mol. The summed E-state index contributed by atoms with van der Waals surface area (Å²) in [6.07, 6.45) is 1.45. The predicted octanol–water partition coefficient (Wildman–Crippen LogP) is 7.47. The lowest BCUT2D eigenvalue weighted by atomic mass is 10.1. The van der Waals surface area contributed by atoms with E-state index in [1.807, 2.05) is 36.4 Å². The van der Waals surface area contributed by atoms with E-state index in [-0.39, 0.29) is 17.9 Å². The fourth-order valence-corrected chi connectivity index (χ4v) is 4.54. The number of amides is 3. The molecule has 0 aliphatic carbocycles. The molecule has 0 aliphatic heterocycles. The van der Waals surface area contributed by atoms with Crippen LogP contribution in [0.5, 0.6) is 11.5 Å². The van der Waals surface area contributed by atoms with E-state index in [4.69, 9.17) is 9.47 Å². The van der Waals surface area contributed by atoms with E-state index >= 15 is 0 Å². The molecule has 0 spiro atoms. The Hall–Kier alpha value is -5.07. The average molecular weight is 671 g/mol. The quantitative estimate of drug-likeness (QED) is 0.106. The third kappa shape index (κ3) is 8.31. The maximum absolute atomic E-state index is 13.2. The molecule has 0 bridgehead atoms. The van der Waals surface area contributed by atoms with Crippen molar-refractivity contribution < 1.29 is 19.1 Å². The Morgan fingerprint density at radius 2 is 1.62 bits per heavy atom. The first kappa shape index (κ1) is 31.4. The number of urea groups is 1. The van der Waals surface area contributed by atoms with Gasteiger partial charge in [0.25, 0.3) is 5.91 Å². The summed E-state index contributed by atoms with van der Waals surface area (Å²) in [4.78, 5) is 38.8. The van der Waals surface area contributed by atoms with Gasteiger partial charge in [-0.05, 0) is 84.8 Å². The van der Waals surface area contributed by atoms with E-state index in [2.05, 4.69) is 66.0 Å². The summed E-state index contributed by atoms with van der Waals surface area (Å²) >= 11 is 3.41. The number of nitrogens with one attached hydrogen (secondary N) is 4. The summed E-state index contributed by atoms with van der Waals surface area (Å²) < 4.78 is 12.1. The Labute approximate surface area is 268 Å². The molecule has 0 unspecified atom stereocenters. The first-order valence-electron chi connectivity index (χ1n) is 14.2. The number of pyridine rings is 1. The Kier molecular flexibility index (Phi) is 10.2. The molecule has 5 aromatic rings. The normalized spacial score (nSPS) is 10.9. The van der Waals surface area contributed by atoms with Gasteiger partial charge in [0.2, 0.25) is 0 Å². The summed E-state index contributed by atoms with van der Waals surface area (Å²) in [7, 11) is 1.57. The zero-order chi connectivity index (χ0) is 31.8. The van der Waals surface area contributed by atoms with E-state index < -0.39 is 0 Å².